The highest BCUT2D eigenvalue weighted by Gasteiger charge is 2.46. The van der Waals surface area contributed by atoms with Crippen LogP contribution in [0.1, 0.15) is 34.5 Å². The molecule has 2 saturated heterocycles. The van der Waals surface area contributed by atoms with Gasteiger partial charge in [-0.3, -0.25) is 14.6 Å². The van der Waals surface area contributed by atoms with E-state index in [1.807, 2.05) is 12.1 Å². The maximum atomic E-state index is 12.4. The molecule has 7 nitrogen and oxygen atoms in total. The van der Waals surface area contributed by atoms with Gasteiger partial charge in [0.1, 0.15) is 6.10 Å². The largest absolute Gasteiger partial charge is 0.442 e. The fourth-order valence-corrected chi connectivity index (χ4v) is 5.60. The summed E-state index contributed by atoms with van der Waals surface area (Å²) >= 11 is 7.09. The Morgan fingerprint density at radius 2 is 2.00 bits per heavy atom. The molecule has 2 unspecified atom stereocenters. The lowest BCUT2D eigenvalue weighted by Crippen LogP contribution is -2.34. The fourth-order valence-electron chi connectivity index (χ4n) is 4.64. The minimum Gasteiger partial charge on any atom is -0.442 e. The van der Waals surface area contributed by atoms with Crippen molar-refractivity contribution in [2.24, 2.45) is 0 Å². The number of rotatable bonds is 7. The number of aliphatic hydroxyl groups is 1. The number of anilines is 1. The van der Waals surface area contributed by atoms with Gasteiger partial charge in [-0.25, -0.2) is 4.79 Å². The molecule has 1 aromatic carbocycles. The summed E-state index contributed by atoms with van der Waals surface area (Å²) < 4.78 is 6.01. The normalized spacial score (nSPS) is 24.6. The van der Waals surface area contributed by atoms with Crippen molar-refractivity contribution >= 4 is 40.6 Å². The molecule has 3 heterocycles. The predicted octanol–water partition coefficient (Wildman–Crippen LogP) is 3.25. The Labute approximate surface area is 195 Å². The number of likely N-dealkylation sites (tertiary alicyclic amines) is 1. The summed E-state index contributed by atoms with van der Waals surface area (Å²) in [4.78, 5) is 29.1. The molecule has 2 atom stereocenters. The van der Waals surface area contributed by atoms with Gasteiger partial charge in [-0.2, -0.15) is 0 Å². The summed E-state index contributed by atoms with van der Waals surface area (Å²) in [6.45, 7) is 3.33. The molecule has 2 amide bonds. The molecule has 32 heavy (non-hydrogen) atoms. The van der Waals surface area contributed by atoms with Crippen LogP contribution in [0.4, 0.5) is 10.5 Å². The second kappa shape index (κ2) is 8.67. The van der Waals surface area contributed by atoms with Crippen LogP contribution in [0.2, 0.25) is 4.34 Å². The van der Waals surface area contributed by atoms with Crippen molar-refractivity contribution in [2.45, 2.75) is 36.9 Å². The third-order valence-corrected chi connectivity index (χ3v) is 7.81. The van der Waals surface area contributed by atoms with E-state index in [9.17, 15) is 14.7 Å². The SMILES string of the molecule is O=C(NCC1CN(c2ccc(C3(CN4CCC(O)C4)CC3)cc2)C(=O)O1)c1ccc(Cl)s1. The molecule has 0 radical (unpaired) electrons. The Balaban J connectivity index is 1.17. The van der Waals surface area contributed by atoms with E-state index < -0.39 is 12.2 Å². The minimum absolute atomic E-state index is 0.172. The van der Waals surface area contributed by atoms with Crippen molar-refractivity contribution in [2.75, 3.05) is 37.6 Å². The van der Waals surface area contributed by atoms with Crippen LogP contribution in [0.3, 0.4) is 0 Å². The maximum Gasteiger partial charge on any atom is 0.414 e. The predicted molar refractivity (Wildman–Crippen MR) is 124 cm³/mol. The second-order valence-electron chi connectivity index (χ2n) is 8.93. The zero-order valence-electron chi connectivity index (χ0n) is 17.6. The molecule has 1 aromatic heterocycles. The summed E-state index contributed by atoms with van der Waals surface area (Å²) in [6, 6.07) is 11.5. The first-order chi connectivity index (χ1) is 15.4. The fraction of sp³-hybridized carbons (Fsp3) is 0.478. The lowest BCUT2D eigenvalue weighted by Gasteiger charge is -2.24. The van der Waals surface area contributed by atoms with Crippen LogP contribution in [-0.2, 0) is 10.2 Å². The summed E-state index contributed by atoms with van der Waals surface area (Å²) in [6.07, 6.45) is 2.16. The quantitative estimate of drug-likeness (QED) is 0.642. The number of nitrogens with zero attached hydrogens (tertiary/aromatic N) is 2. The lowest BCUT2D eigenvalue weighted by atomic mass is 9.95. The third kappa shape index (κ3) is 4.50. The number of ether oxygens (including phenoxy) is 1. The molecule has 1 saturated carbocycles. The summed E-state index contributed by atoms with van der Waals surface area (Å²) in [5, 5.41) is 12.6. The van der Waals surface area contributed by atoms with Gasteiger partial charge in [0.05, 0.1) is 28.4 Å². The molecule has 2 aliphatic heterocycles. The maximum absolute atomic E-state index is 12.4. The van der Waals surface area contributed by atoms with E-state index in [0.717, 1.165) is 44.6 Å². The molecule has 0 bridgehead atoms. The summed E-state index contributed by atoms with van der Waals surface area (Å²) in [5.41, 5.74) is 2.25. The van der Waals surface area contributed by atoms with Gasteiger partial charge in [-0.05, 0) is 49.1 Å². The number of halogens is 1. The van der Waals surface area contributed by atoms with Crippen LogP contribution >= 0.6 is 22.9 Å². The average Bonchev–Trinajstić information content (AvgIpc) is 3.07. The number of aliphatic hydroxyl groups excluding tert-OH is 1. The number of hydrogen-bond acceptors (Lipinski definition) is 6. The highest BCUT2D eigenvalue weighted by Crippen LogP contribution is 2.49. The topological polar surface area (TPSA) is 82.1 Å². The van der Waals surface area contributed by atoms with E-state index in [2.05, 4.69) is 22.3 Å². The van der Waals surface area contributed by atoms with Gasteiger partial charge in [0, 0.05) is 30.7 Å². The molecule has 1 aliphatic carbocycles. The number of hydrogen-bond donors (Lipinski definition) is 2. The lowest BCUT2D eigenvalue weighted by molar-refractivity contribution is 0.0920. The van der Waals surface area contributed by atoms with Crippen LogP contribution in [-0.4, -0.2) is 66.9 Å². The van der Waals surface area contributed by atoms with E-state index in [-0.39, 0.29) is 24.0 Å². The standard InChI is InChI=1S/C23H26ClN3O4S/c24-20-6-5-19(32-20)21(29)25-11-18-13-27(22(30)31-18)16-3-1-15(2-4-16)23(8-9-23)14-26-10-7-17(28)12-26/h1-6,17-18,28H,7-14H2,(H,25,29). The highest BCUT2D eigenvalue weighted by atomic mass is 35.5. The average molecular weight is 476 g/mol. The third-order valence-electron chi connectivity index (χ3n) is 6.58. The number of nitrogens with one attached hydrogen (secondary N) is 1. The Hall–Kier alpha value is -2.13. The van der Waals surface area contributed by atoms with Crippen molar-refractivity contribution < 1.29 is 19.4 Å². The van der Waals surface area contributed by atoms with Gasteiger partial charge in [-0.1, -0.05) is 23.7 Å². The van der Waals surface area contributed by atoms with Gasteiger partial charge in [0.2, 0.25) is 0 Å². The Kier molecular flexibility index (Phi) is 5.88. The van der Waals surface area contributed by atoms with Crippen LogP contribution in [0.15, 0.2) is 36.4 Å². The number of carbonyl (C=O) groups excluding carboxylic acids is 2. The molecular formula is C23H26ClN3O4S. The highest BCUT2D eigenvalue weighted by molar-refractivity contribution is 7.18. The number of amides is 2. The Bertz CT molecular complexity index is 1010. The molecule has 3 fully saturated rings. The first-order valence-corrected chi connectivity index (χ1v) is 12.1. The van der Waals surface area contributed by atoms with Crippen molar-refractivity contribution in [1.82, 2.24) is 10.2 Å². The van der Waals surface area contributed by atoms with Gasteiger partial charge in [0.25, 0.3) is 5.91 Å². The van der Waals surface area contributed by atoms with Gasteiger partial charge in [-0.15, -0.1) is 11.3 Å². The van der Waals surface area contributed by atoms with E-state index in [1.54, 1.807) is 17.0 Å². The van der Waals surface area contributed by atoms with E-state index in [0.29, 0.717) is 15.8 Å². The van der Waals surface area contributed by atoms with Gasteiger partial charge < -0.3 is 15.2 Å². The van der Waals surface area contributed by atoms with Crippen LogP contribution in [0, 0.1) is 0 Å². The molecule has 9 heteroatoms. The number of β-amino-alcohol motifs (C(OH)–C–C–N with tert-alkyl or cyclic N) is 1. The smallest absolute Gasteiger partial charge is 0.414 e. The van der Waals surface area contributed by atoms with Gasteiger partial charge >= 0.3 is 6.09 Å². The van der Waals surface area contributed by atoms with Crippen molar-refractivity contribution in [1.29, 1.82) is 0 Å². The second-order valence-corrected chi connectivity index (χ2v) is 10.7. The number of carbonyl (C=O) groups is 2. The Morgan fingerprint density at radius 3 is 2.62 bits per heavy atom. The number of cyclic esters (lactones) is 1. The molecule has 0 spiro atoms. The zero-order valence-corrected chi connectivity index (χ0v) is 19.2. The molecule has 5 rings (SSSR count). The molecule has 170 valence electrons. The first-order valence-electron chi connectivity index (χ1n) is 10.9. The van der Waals surface area contributed by atoms with Gasteiger partial charge in [0.15, 0.2) is 0 Å². The summed E-state index contributed by atoms with van der Waals surface area (Å²) in [7, 11) is 0. The van der Waals surface area contributed by atoms with E-state index in [4.69, 9.17) is 16.3 Å². The first kappa shape index (κ1) is 21.7. The Morgan fingerprint density at radius 1 is 1.22 bits per heavy atom. The monoisotopic (exact) mass is 475 g/mol. The van der Waals surface area contributed by atoms with Crippen molar-refractivity contribution in [3.05, 3.63) is 51.2 Å². The summed E-state index contributed by atoms with van der Waals surface area (Å²) in [5.74, 6) is -0.221. The molecule has 2 aromatic rings. The zero-order chi connectivity index (χ0) is 22.3. The van der Waals surface area contributed by atoms with E-state index >= 15 is 0 Å². The number of benzene rings is 1. The van der Waals surface area contributed by atoms with Crippen LogP contribution in [0.5, 0.6) is 0 Å². The van der Waals surface area contributed by atoms with E-state index in [1.165, 1.54) is 16.9 Å². The molecule has 2 N–H and O–H groups in total. The van der Waals surface area contributed by atoms with Crippen molar-refractivity contribution in [3.63, 3.8) is 0 Å². The van der Waals surface area contributed by atoms with Crippen LogP contribution < -0.4 is 10.2 Å². The number of thiophene rings is 1. The minimum atomic E-state index is -0.405. The molecule has 3 aliphatic rings. The van der Waals surface area contributed by atoms with Crippen molar-refractivity contribution in [3.8, 4) is 0 Å². The van der Waals surface area contributed by atoms with Crippen LogP contribution in [0.25, 0.3) is 0 Å². The molecular weight excluding hydrogens is 450 g/mol.